The third-order valence-electron chi connectivity index (χ3n) is 4.89. The van der Waals surface area contributed by atoms with Crippen LogP contribution in [0.2, 0.25) is 10.0 Å². The minimum Gasteiger partial charge on any atom is -0.322 e. The lowest BCUT2D eigenvalue weighted by Crippen LogP contribution is -2.29. The number of anilines is 2. The lowest BCUT2D eigenvalue weighted by atomic mass is 10.1. The van der Waals surface area contributed by atoms with Gasteiger partial charge in [-0.15, -0.1) is 11.8 Å². The molecule has 1 N–H and O–H groups in total. The third-order valence-corrected chi connectivity index (χ3v) is 6.64. The van der Waals surface area contributed by atoms with Crippen molar-refractivity contribution in [2.75, 3.05) is 16.0 Å². The normalized spacial score (nSPS) is 16.0. The quantitative estimate of drug-likeness (QED) is 0.498. The van der Waals surface area contributed by atoms with Crippen molar-refractivity contribution >= 4 is 58.2 Å². The first kappa shape index (κ1) is 20.8. The molecule has 1 heterocycles. The van der Waals surface area contributed by atoms with Crippen LogP contribution in [0.5, 0.6) is 0 Å². The number of aryl methyl sites for hydroxylation is 1. The van der Waals surface area contributed by atoms with Crippen molar-refractivity contribution < 1.29 is 9.59 Å². The SMILES string of the molecule is Cc1ccccc1N1C(=O)CS[C@@H]1c1ccccc1NC(=O)c1ccc(Cl)cc1Cl. The number of halogens is 2. The molecule has 1 fully saturated rings. The molecule has 0 unspecified atom stereocenters. The second kappa shape index (κ2) is 8.72. The van der Waals surface area contributed by atoms with Crippen LogP contribution in [0.4, 0.5) is 11.4 Å². The number of carbonyl (C=O) groups is 2. The van der Waals surface area contributed by atoms with E-state index >= 15 is 0 Å². The van der Waals surface area contributed by atoms with Gasteiger partial charge in [-0.3, -0.25) is 14.5 Å². The molecule has 4 nitrogen and oxygen atoms in total. The van der Waals surface area contributed by atoms with Gasteiger partial charge in [-0.25, -0.2) is 0 Å². The number of nitrogens with zero attached hydrogens (tertiary/aromatic N) is 1. The van der Waals surface area contributed by atoms with Gasteiger partial charge in [-0.1, -0.05) is 59.6 Å². The monoisotopic (exact) mass is 456 g/mol. The van der Waals surface area contributed by atoms with Crippen molar-refractivity contribution in [1.29, 1.82) is 0 Å². The lowest BCUT2D eigenvalue weighted by molar-refractivity contribution is -0.115. The number of para-hydroxylation sites is 2. The van der Waals surface area contributed by atoms with E-state index in [4.69, 9.17) is 23.2 Å². The molecule has 3 aromatic carbocycles. The molecule has 152 valence electrons. The van der Waals surface area contributed by atoms with Crippen LogP contribution in [-0.2, 0) is 4.79 Å². The zero-order chi connectivity index (χ0) is 21.3. The first-order valence-corrected chi connectivity index (χ1v) is 11.1. The molecule has 0 spiro atoms. The Morgan fingerprint density at radius 1 is 1.07 bits per heavy atom. The van der Waals surface area contributed by atoms with Gasteiger partial charge >= 0.3 is 0 Å². The van der Waals surface area contributed by atoms with Gasteiger partial charge in [0.25, 0.3) is 5.91 Å². The fraction of sp³-hybridized carbons (Fsp3) is 0.130. The first-order chi connectivity index (χ1) is 14.5. The summed E-state index contributed by atoms with van der Waals surface area (Å²) in [6.45, 7) is 1.98. The van der Waals surface area contributed by atoms with Crippen LogP contribution in [0.3, 0.4) is 0 Å². The van der Waals surface area contributed by atoms with Crippen molar-refractivity contribution in [3.63, 3.8) is 0 Å². The van der Waals surface area contributed by atoms with Gasteiger partial charge in [0.15, 0.2) is 0 Å². The molecule has 1 atom stereocenters. The molecule has 0 aromatic heterocycles. The summed E-state index contributed by atoms with van der Waals surface area (Å²) in [5.41, 5.74) is 3.73. The van der Waals surface area contributed by atoms with E-state index in [1.165, 1.54) is 17.8 Å². The van der Waals surface area contributed by atoms with Gasteiger partial charge in [-0.05, 0) is 42.8 Å². The van der Waals surface area contributed by atoms with Gasteiger partial charge in [0, 0.05) is 22.0 Å². The van der Waals surface area contributed by atoms with E-state index < -0.39 is 0 Å². The summed E-state index contributed by atoms with van der Waals surface area (Å²) in [7, 11) is 0. The van der Waals surface area contributed by atoms with E-state index in [1.807, 2.05) is 55.5 Å². The molecule has 0 saturated carbocycles. The third kappa shape index (κ3) is 4.06. The van der Waals surface area contributed by atoms with Crippen LogP contribution in [0, 0.1) is 6.92 Å². The van der Waals surface area contributed by atoms with E-state index in [0.29, 0.717) is 22.0 Å². The molecule has 0 radical (unpaired) electrons. The van der Waals surface area contributed by atoms with E-state index in [9.17, 15) is 9.59 Å². The number of benzene rings is 3. The highest BCUT2D eigenvalue weighted by molar-refractivity contribution is 8.00. The Hall–Kier alpha value is -2.47. The number of rotatable bonds is 4. The second-order valence-electron chi connectivity index (χ2n) is 6.88. The molecule has 1 aliphatic rings. The first-order valence-electron chi connectivity index (χ1n) is 9.30. The summed E-state index contributed by atoms with van der Waals surface area (Å²) in [4.78, 5) is 27.4. The molecule has 1 aliphatic heterocycles. The van der Waals surface area contributed by atoms with Gasteiger partial charge in [0.1, 0.15) is 5.37 Å². The van der Waals surface area contributed by atoms with E-state index in [1.54, 1.807) is 17.0 Å². The smallest absolute Gasteiger partial charge is 0.257 e. The topological polar surface area (TPSA) is 49.4 Å². The highest BCUT2D eigenvalue weighted by Crippen LogP contribution is 2.45. The predicted molar refractivity (Wildman–Crippen MR) is 125 cm³/mol. The number of thioether (sulfide) groups is 1. The molecule has 0 aliphatic carbocycles. The Balaban J connectivity index is 1.68. The molecule has 1 saturated heterocycles. The number of hydrogen-bond acceptors (Lipinski definition) is 3. The Labute approximate surface area is 189 Å². The van der Waals surface area contributed by atoms with Crippen molar-refractivity contribution in [3.8, 4) is 0 Å². The fourth-order valence-corrected chi connectivity index (χ4v) is 5.14. The van der Waals surface area contributed by atoms with Gasteiger partial charge in [0.05, 0.1) is 16.3 Å². The van der Waals surface area contributed by atoms with Gasteiger partial charge in [-0.2, -0.15) is 0 Å². The maximum Gasteiger partial charge on any atom is 0.257 e. The number of nitrogens with one attached hydrogen (secondary N) is 1. The van der Waals surface area contributed by atoms with Crippen molar-refractivity contribution in [2.24, 2.45) is 0 Å². The van der Waals surface area contributed by atoms with Gasteiger partial charge in [0.2, 0.25) is 5.91 Å². The molecular formula is C23H18Cl2N2O2S. The Morgan fingerprint density at radius 3 is 2.57 bits per heavy atom. The fourth-order valence-electron chi connectivity index (χ4n) is 3.44. The maximum atomic E-state index is 12.9. The van der Waals surface area contributed by atoms with E-state index in [0.717, 1.165) is 16.8 Å². The van der Waals surface area contributed by atoms with Crippen LogP contribution in [0.1, 0.15) is 26.9 Å². The molecule has 0 bridgehead atoms. The summed E-state index contributed by atoms with van der Waals surface area (Å²) < 4.78 is 0. The molecule has 4 rings (SSSR count). The van der Waals surface area contributed by atoms with Crippen molar-refractivity contribution in [3.05, 3.63) is 93.5 Å². The minimum absolute atomic E-state index is 0.0428. The van der Waals surface area contributed by atoms with Gasteiger partial charge < -0.3 is 5.32 Å². The summed E-state index contributed by atoms with van der Waals surface area (Å²) >= 11 is 13.7. The Kier molecular flexibility index (Phi) is 6.04. The van der Waals surface area contributed by atoms with Crippen LogP contribution in [0.15, 0.2) is 66.7 Å². The minimum atomic E-state index is -0.333. The van der Waals surface area contributed by atoms with Crippen LogP contribution < -0.4 is 10.2 Å². The molecule has 7 heteroatoms. The number of amides is 2. The Bertz CT molecular complexity index is 1140. The number of hydrogen-bond donors (Lipinski definition) is 1. The average molecular weight is 457 g/mol. The molecule has 30 heavy (non-hydrogen) atoms. The lowest BCUT2D eigenvalue weighted by Gasteiger charge is -2.27. The highest BCUT2D eigenvalue weighted by atomic mass is 35.5. The summed E-state index contributed by atoms with van der Waals surface area (Å²) in [5, 5.41) is 3.45. The van der Waals surface area contributed by atoms with E-state index in [-0.39, 0.29) is 22.2 Å². The zero-order valence-corrected chi connectivity index (χ0v) is 18.4. The average Bonchev–Trinajstić information content (AvgIpc) is 3.09. The summed E-state index contributed by atoms with van der Waals surface area (Å²) in [6, 6.07) is 20.1. The standard InChI is InChI=1S/C23H18Cl2N2O2S/c1-14-6-2-5-9-20(14)27-21(28)13-30-23(27)17-7-3-4-8-19(17)26-22(29)16-11-10-15(24)12-18(16)25/h2-12,23H,13H2,1H3,(H,26,29)/t23-/m1/s1. The van der Waals surface area contributed by atoms with E-state index in [2.05, 4.69) is 5.32 Å². The zero-order valence-electron chi connectivity index (χ0n) is 16.1. The largest absolute Gasteiger partial charge is 0.322 e. The van der Waals surface area contributed by atoms with Crippen LogP contribution in [-0.4, -0.2) is 17.6 Å². The predicted octanol–water partition coefficient (Wildman–Crippen LogP) is 6.33. The van der Waals surface area contributed by atoms with Crippen molar-refractivity contribution in [2.45, 2.75) is 12.3 Å². The maximum absolute atomic E-state index is 12.9. The molecule has 3 aromatic rings. The van der Waals surface area contributed by atoms with Crippen LogP contribution >= 0.6 is 35.0 Å². The highest BCUT2D eigenvalue weighted by Gasteiger charge is 2.36. The van der Waals surface area contributed by atoms with Crippen molar-refractivity contribution in [1.82, 2.24) is 0 Å². The summed E-state index contributed by atoms with van der Waals surface area (Å²) in [6.07, 6.45) is 0. The number of carbonyl (C=O) groups excluding carboxylic acids is 2. The summed E-state index contributed by atoms with van der Waals surface area (Å²) in [5.74, 6) is 0.0895. The second-order valence-corrected chi connectivity index (χ2v) is 8.79. The molecular weight excluding hydrogens is 439 g/mol. The Morgan fingerprint density at radius 2 is 1.80 bits per heavy atom. The molecule has 2 amide bonds. The van der Waals surface area contributed by atoms with Crippen LogP contribution in [0.25, 0.3) is 0 Å².